The van der Waals surface area contributed by atoms with Crippen LogP contribution in [0.1, 0.15) is 43.0 Å². The summed E-state index contributed by atoms with van der Waals surface area (Å²) in [6.07, 6.45) is -2.90. The largest absolute Gasteiger partial charge is 0.416 e. The van der Waals surface area contributed by atoms with Crippen LogP contribution in [0.2, 0.25) is 0 Å². The van der Waals surface area contributed by atoms with Crippen molar-refractivity contribution in [3.05, 3.63) is 89.5 Å². The van der Waals surface area contributed by atoms with Crippen molar-refractivity contribution in [1.29, 1.82) is 5.26 Å². The number of sulfone groups is 1. The van der Waals surface area contributed by atoms with Crippen LogP contribution >= 0.6 is 0 Å². The van der Waals surface area contributed by atoms with Crippen molar-refractivity contribution in [3.63, 3.8) is 0 Å². The molecule has 0 unspecified atom stereocenters. The Morgan fingerprint density at radius 3 is 1.82 bits per heavy atom. The lowest BCUT2D eigenvalue weighted by molar-refractivity contribution is -0.137. The van der Waals surface area contributed by atoms with E-state index in [1.165, 1.54) is 24.3 Å². The molecule has 0 aromatic heterocycles. The van der Waals surface area contributed by atoms with Crippen LogP contribution in [0.15, 0.2) is 77.7 Å². The minimum Gasteiger partial charge on any atom is -0.342 e. The Morgan fingerprint density at radius 1 is 0.897 bits per heavy atom. The van der Waals surface area contributed by atoms with Gasteiger partial charge in [-0.05, 0) is 58.9 Å². The van der Waals surface area contributed by atoms with Gasteiger partial charge in [-0.15, -0.1) is 0 Å². The first-order chi connectivity index (χ1) is 18.3. The number of alkyl halides is 3. The number of hydrogen-bond acceptors (Lipinski definition) is 5. The highest BCUT2D eigenvalue weighted by atomic mass is 32.2. The molecule has 0 bridgehead atoms. The van der Waals surface area contributed by atoms with E-state index in [1.54, 1.807) is 12.1 Å². The second kappa shape index (κ2) is 12.5. The van der Waals surface area contributed by atoms with E-state index < -0.39 is 33.7 Å². The van der Waals surface area contributed by atoms with E-state index in [0.717, 1.165) is 29.5 Å². The first kappa shape index (κ1) is 29.9. The lowest BCUT2D eigenvalue weighted by atomic mass is 9.93. The fourth-order valence-corrected chi connectivity index (χ4v) is 4.82. The lowest BCUT2D eigenvalue weighted by Gasteiger charge is -2.27. The van der Waals surface area contributed by atoms with Crippen LogP contribution in [-0.2, 0) is 20.8 Å². The van der Waals surface area contributed by atoms with E-state index in [4.69, 9.17) is 5.26 Å². The van der Waals surface area contributed by atoms with E-state index in [0.29, 0.717) is 17.5 Å². The fourth-order valence-electron chi connectivity index (χ4n) is 4.19. The van der Waals surface area contributed by atoms with Gasteiger partial charge in [0.2, 0.25) is 5.91 Å². The minimum absolute atomic E-state index is 0.126. The molecule has 0 saturated heterocycles. The Kier molecular flexibility index (Phi) is 9.54. The summed E-state index contributed by atoms with van der Waals surface area (Å²) >= 11 is 0. The molecule has 39 heavy (non-hydrogen) atoms. The van der Waals surface area contributed by atoms with Crippen LogP contribution in [0.4, 0.5) is 13.2 Å². The van der Waals surface area contributed by atoms with E-state index in [2.05, 4.69) is 10.6 Å². The molecule has 0 aliphatic heterocycles. The number of benzene rings is 3. The number of nitrogens with zero attached hydrogens (tertiary/aromatic N) is 1. The fraction of sp³-hybridized carbons (Fsp3) is 0.310. The Hall–Kier alpha value is -3.68. The van der Waals surface area contributed by atoms with Gasteiger partial charge in [-0.1, -0.05) is 62.4 Å². The molecule has 1 amide bonds. The normalized spacial score (nSPS) is 13.5. The molecule has 0 aliphatic rings. The van der Waals surface area contributed by atoms with Gasteiger partial charge in [0.1, 0.15) is 6.54 Å². The maximum atomic E-state index is 13.2. The third kappa shape index (κ3) is 8.15. The monoisotopic (exact) mass is 557 g/mol. The minimum atomic E-state index is -4.48. The average molecular weight is 558 g/mol. The number of carbonyl (C=O) groups excluding carboxylic acids is 1. The number of carbonyl (C=O) groups is 1. The standard InChI is InChI=1S/C29H30F3N3O3S/c1-19(2)18-26(28(36)34-17-16-33)35-27(23-8-12-24(13-9-23)29(30,31)32)22-6-4-20(5-7-22)21-10-14-25(15-11-21)39(3,37)38/h4-15,19,26-27,35H,17-18H2,1-3H3,(H,34,36)/t26-,27-/m0/s1. The number of rotatable bonds is 10. The predicted molar refractivity (Wildman–Crippen MR) is 143 cm³/mol. The zero-order valence-corrected chi connectivity index (χ0v) is 22.6. The molecule has 3 rings (SSSR count). The number of hydrogen-bond donors (Lipinski definition) is 2. The molecule has 0 aliphatic carbocycles. The van der Waals surface area contributed by atoms with Gasteiger partial charge >= 0.3 is 6.18 Å². The van der Waals surface area contributed by atoms with Gasteiger partial charge in [0.25, 0.3) is 0 Å². The third-order valence-electron chi connectivity index (χ3n) is 6.16. The van der Waals surface area contributed by atoms with Crippen LogP contribution < -0.4 is 10.6 Å². The Bertz CT molecular complexity index is 1410. The van der Waals surface area contributed by atoms with Gasteiger partial charge in [0.15, 0.2) is 9.84 Å². The molecule has 0 fully saturated rings. The molecular formula is C29H30F3N3O3S. The summed E-state index contributed by atoms with van der Waals surface area (Å²) in [5.74, 6) is -0.245. The van der Waals surface area contributed by atoms with Gasteiger partial charge in [-0.2, -0.15) is 18.4 Å². The average Bonchev–Trinajstić information content (AvgIpc) is 2.88. The van der Waals surface area contributed by atoms with Crippen molar-refractivity contribution in [2.45, 2.75) is 43.4 Å². The van der Waals surface area contributed by atoms with Gasteiger partial charge in [-0.25, -0.2) is 8.42 Å². The van der Waals surface area contributed by atoms with Crippen molar-refractivity contribution < 1.29 is 26.4 Å². The predicted octanol–water partition coefficient (Wildman–Crippen LogP) is 5.51. The Balaban J connectivity index is 1.98. The zero-order valence-electron chi connectivity index (χ0n) is 21.8. The van der Waals surface area contributed by atoms with Crippen molar-refractivity contribution in [1.82, 2.24) is 10.6 Å². The highest BCUT2D eigenvalue weighted by molar-refractivity contribution is 7.90. The van der Waals surface area contributed by atoms with Crippen LogP contribution in [0.3, 0.4) is 0 Å². The van der Waals surface area contributed by atoms with Crippen LogP contribution in [0, 0.1) is 17.2 Å². The summed E-state index contributed by atoms with van der Waals surface area (Å²) in [6, 6.07) is 19.1. The maximum Gasteiger partial charge on any atom is 0.416 e. The first-order valence-corrected chi connectivity index (χ1v) is 14.2. The Labute approximate surface area is 226 Å². The molecule has 3 aromatic carbocycles. The smallest absolute Gasteiger partial charge is 0.342 e. The second-order valence-corrected chi connectivity index (χ2v) is 11.7. The number of halogens is 3. The molecule has 0 saturated carbocycles. The molecule has 2 atom stereocenters. The molecule has 3 aromatic rings. The summed E-state index contributed by atoms with van der Waals surface area (Å²) in [7, 11) is -3.33. The first-order valence-electron chi connectivity index (χ1n) is 12.3. The van der Waals surface area contributed by atoms with E-state index in [1.807, 2.05) is 44.2 Å². The maximum absolute atomic E-state index is 13.2. The van der Waals surface area contributed by atoms with Gasteiger partial charge in [0.05, 0.1) is 28.6 Å². The van der Waals surface area contributed by atoms with Crippen LogP contribution in [0.5, 0.6) is 0 Å². The van der Waals surface area contributed by atoms with Gasteiger partial charge in [0, 0.05) is 6.26 Å². The van der Waals surface area contributed by atoms with Crippen LogP contribution in [0.25, 0.3) is 11.1 Å². The van der Waals surface area contributed by atoms with Crippen molar-refractivity contribution >= 4 is 15.7 Å². The van der Waals surface area contributed by atoms with Crippen molar-refractivity contribution in [2.75, 3.05) is 12.8 Å². The molecule has 2 N–H and O–H groups in total. The molecule has 6 nitrogen and oxygen atoms in total. The summed E-state index contributed by atoms with van der Waals surface area (Å²) < 4.78 is 63.1. The Morgan fingerprint density at radius 2 is 1.38 bits per heavy atom. The summed E-state index contributed by atoms with van der Waals surface area (Å²) in [5.41, 5.74) is 2.09. The third-order valence-corrected chi connectivity index (χ3v) is 7.29. The van der Waals surface area contributed by atoms with Crippen LogP contribution in [-0.4, -0.2) is 33.2 Å². The summed E-state index contributed by atoms with van der Waals surface area (Å²) in [4.78, 5) is 13.1. The molecule has 0 heterocycles. The summed E-state index contributed by atoms with van der Waals surface area (Å²) in [6.45, 7) is 3.74. The van der Waals surface area contributed by atoms with Gasteiger partial charge < -0.3 is 5.32 Å². The van der Waals surface area contributed by atoms with E-state index in [-0.39, 0.29) is 23.3 Å². The molecule has 10 heteroatoms. The van der Waals surface area contributed by atoms with E-state index in [9.17, 15) is 26.4 Å². The SMILES string of the molecule is CC(C)C[C@H](N[C@@H](c1ccc(-c2ccc(S(C)(=O)=O)cc2)cc1)c1ccc(C(F)(F)F)cc1)C(=O)NCC#N. The summed E-state index contributed by atoms with van der Waals surface area (Å²) in [5, 5.41) is 14.7. The van der Waals surface area contributed by atoms with E-state index >= 15 is 0 Å². The highest BCUT2D eigenvalue weighted by Gasteiger charge is 2.31. The number of nitrogens with one attached hydrogen (secondary N) is 2. The van der Waals surface area contributed by atoms with Crippen molar-refractivity contribution in [2.24, 2.45) is 5.92 Å². The quantitative estimate of drug-likeness (QED) is 0.321. The topological polar surface area (TPSA) is 99.1 Å². The zero-order chi connectivity index (χ0) is 28.8. The molecule has 206 valence electrons. The number of nitriles is 1. The number of amides is 1. The van der Waals surface area contributed by atoms with Gasteiger partial charge in [-0.3, -0.25) is 10.1 Å². The lowest BCUT2D eigenvalue weighted by Crippen LogP contribution is -2.46. The molecular weight excluding hydrogens is 527 g/mol. The molecule has 0 radical (unpaired) electrons. The highest BCUT2D eigenvalue weighted by Crippen LogP contribution is 2.32. The molecule has 0 spiro atoms. The second-order valence-electron chi connectivity index (χ2n) is 9.70. The van der Waals surface area contributed by atoms with Crippen molar-refractivity contribution in [3.8, 4) is 17.2 Å².